The third-order valence-electron chi connectivity index (χ3n) is 3.25. The second kappa shape index (κ2) is 5.98. The summed E-state index contributed by atoms with van der Waals surface area (Å²) in [5, 5.41) is 3.43. The lowest BCUT2D eigenvalue weighted by atomic mass is 10.0. The van der Waals surface area contributed by atoms with Crippen LogP contribution >= 0.6 is 0 Å². The third kappa shape index (κ3) is 3.90. The molecule has 0 aliphatic rings. The summed E-state index contributed by atoms with van der Waals surface area (Å²) in [4.78, 5) is 0. The van der Waals surface area contributed by atoms with E-state index in [0.717, 1.165) is 5.56 Å². The van der Waals surface area contributed by atoms with Crippen LogP contribution in [0.4, 0.5) is 4.39 Å². The van der Waals surface area contributed by atoms with Gasteiger partial charge in [0.25, 0.3) is 0 Å². The van der Waals surface area contributed by atoms with Crippen LogP contribution in [0.3, 0.4) is 0 Å². The van der Waals surface area contributed by atoms with Crippen molar-refractivity contribution in [2.24, 2.45) is 0 Å². The number of rotatable bonds is 4. The Balaban J connectivity index is 2.03. The number of benzene rings is 2. The van der Waals surface area contributed by atoms with Crippen molar-refractivity contribution in [2.75, 3.05) is 0 Å². The maximum Gasteiger partial charge on any atom is 0.123 e. The zero-order chi connectivity index (χ0) is 13.8. The molecule has 0 amide bonds. The molecule has 1 unspecified atom stereocenters. The highest BCUT2D eigenvalue weighted by Gasteiger charge is 2.06. The van der Waals surface area contributed by atoms with Crippen molar-refractivity contribution in [3.8, 4) is 0 Å². The lowest BCUT2D eigenvalue weighted by molar-refractivity contribution is 0.569. The van der Waals surface area contributed by atoms with Crippen LogP contribution in [0.15, 0.2) is 42.5 Å². The Hall–Kier alpha value is -1.67. The van der Waals surface area contributed by atoms with Gasteiger partial charge < -0.3 is 5.32 Å². The first kappa shape index (κ1) is 13.8. The summed E-state index contributed by atoms with van der Waals surface area (Å²) in [6.07, 6.45) is 0. The molecular weight excluding hydrogens is 237 g/mol. The van der Waals surface area contributed by atoms with Gasteiger partial charge >= 0.3 is 0 Å². The van der Waals surface area contributed by atoms with E-state index in [1.807, 2.05) is 6.07 Å². The van der Waals surface area contributed by atoms with Gasteiger partial charge in [0.2, 0.25) is 0 Å². The molecule has 2 rings (SSSR count). The highest BCUT2D eigenvalue weighted by molar-refractivity contribution is 5.30. The molecule has 0 heterocycles. The van der Waals surface area contributed by atoms with Crippen molar-refractivity contribution in [3.05, 3.63) is 70.5 Å². The van der Waals surface area contributed by atoms with Gasteiger partial charge in [-0.1, -0.05) is 41.5 Å². The molecule has 1 N–H and O–H groups in total. The van der Waals surface area contributed by atoms with Gasteiger partial charge in [-0.25, -0.2) is 4.39 Å². The van der Waals surface area contributed by atoms with Crippen molar-refractivity contribution < 1.29 is 4.39 Å². The SMILES string of the molecule is Cc1cc(C)cc(C(C)NCc2cccc(F)c2)c1. The van der Waals surface area contributed by atoms with Crippen molar-refractivity contribution in [1.82, 2.24) is 5.32 Å². The first-order valence-electron chi connectivity index (χ1n) is 6.60. The Morgan fingerprint density at radius 3 is 2.37 bits per heavy atom. The lowest BCUT2D eigenvalue weighted by Crippen LogP contribution is -2.18. The minimum Gasteiger partial charge on any atom is -0.306 e. The minimum atomic E-state index is -0.182. The predicted octanol–water partition coefficient (Wildman–Crippen LogP) is 4.29. The number of nitrogens with one attached hydrogen (secondary N) is 1. The standard InChI is InChI=1S/C17H20FN/c1-12-7-13(2)9-16(8-12)14(3)19-11-15-5-4-6-17(18)10-15/h4-10,14,19H,11H2,1-3H3. The Bertz CT molecular complexity index is 543. The van der Waals surface area contributed by atoms with Gasteiger partial charge in [-0.15, -0.1) is 0 Å². The summed E-state index contributed by atoms with van der Waals surface area (Å²) in [6, 6.07) is 13.5. The van der Waals surface area contributed by atoms with Crippen molar-refractivity contribution in [2.45, 2.75) is 33.4 Å². The van der Waals surface area contributed by atoms with Crippen molar-refractivity contribution in [3.63, 3.8) is 0 Å². The molecule has 0 fully saturated rings. The van der Waals surface area contributed by atoms with E-state index in [9.17, 15) is 4.39 Å². The molecule has 2 aromatic carbocycles. The molecule has 19 heavy (non-hydrogen) atoms. The maximum absolute atomic E-state index is 13.1. The molecule has 2 aromatic rings. The minimum absolute atomic E-state index is 0.182. The first-order valence-corrected chi connectivity index (χ1v) is 6.60. The summed E-state index contributed by atoms with van der Waals surface area (Å²) in [5.41, 5.74) is 4.79. The fourth-order valence-corrected chi connectivity index (χ4v) is 2.30. The molecule has 1 nitrogen and oxygen atoms in total. The van der Waals surface area contributed by atoms with E-state index in [0.29, 0.717) is 6.54 Å². The van der Waals surface area contributed by atoms with Gasteiger partial charge in [-0.2, -0.15) is 0 Å². The van der Waals surface area contributed by atoms with Crippen LogP contribution in [0.25, 0.3) is 0 Å². The first-order chi connectivity index (χ1) is 9.04. The van der Waals surface area contributed by atoms with Gasteiger partial charge in [0.05, 0.1) is 0 Å². The molecule has 0 aliphatic heterocycles. The van der Waals surface area contributed by atoms with Gasteiger partial charge in [-0.3, -0.25) is 0 Å². The fourth-order valence-electron chi connectivity index (χ4n) is 2.30. The van der Waals surface area contributed by atoms with Crippen LogP contribution in [0, 0.1) is 19.7 Å². The second-order valence-corrected chi connectivity index (χ2v) is 5.15. The second-order valence-electron chi connectivity index (χ2n) is 5.15. The highest BCUT2D eigenvalue weighted by atomic mass is 19.1. The molecule has 0 aromatic heterocycles. The Labute approximate surface area is 114 Å². The zero-order valence-electron chi connectivity index (χ0n) is 11.7. The smallest absolute Gasteiger partial charge is 0.123 e. The van der Waals surface area contributed by atoms with E-state index in [2.05, 4.69) is 44.3 Å². The third-order valence-corrected chi connectivity index (χ3v) is 3.25. The maximum atomic E-state index is 13.1. The molecule has 100 valence electrons. The van der Waals surface area contributed by atoms with Crippen LogP contribution in [0.2, 0.25) is 0 Å². The van der Waals surface area contributed by atoms with Crippen molar-refractivity contribution >= 4 is 0 Å². The quantitative estimate of drug-likeness (QED) is 0.861. The van der Waals surface area contributed by atoms with Gasteiger partial charge in [0.15, 0.2) is 0 Å². The number of hydrogen-bond acceptors (Lipinski definition) is 1. The summed E-state index contributed by atoms with van der Waals surface area (Å²) in [6.45, 7) is 7.02. The van der Waals surface area contributed by atoms with Crippen LogP contribution in [0.1, 0.15) is 35.2 Å². The molecule has 0 saturated carbocycles. The zero-order valence-corrected chi connectivity index (χ0v) is 11.7. The molecule has 1 atom stereocenters. The molecule has 0 radical (unpaired) electrons. The van der Waals surface area contributed by atoms with E-state index in [4.69, 9.17) is 0 Å². The van der Waals surface area contributed by atoms with Crippen LogP contribution in [-0.4, -0.2) is 0 Å². The van der Waals surface area contributed by atoms with Crippen LogP contribution < -0.4 is 5.32 Å². The van der Waals surface area contributed by atoms with Gasteiger partial charge in [0.1, 0.15) is 5.82 Å². The Kier molecular flexibility index (Phi) is 4.33. The lowest BCUT2D eigenvalue weighted by Gasteiger charge is -2.16. The van der Waals surface area contributed by atoms with E-state index in [1.165, 1.54) is 22.8 Å². The summed E-state index contributed by atoms with van der Waals surface area (Å²) in [5.74, 6) is -0.182. The molecule has 2 heteroatoms. The fraction of sp³-hybridized carbons (Fsp3) is 0.294. The Morgan fingerprint density at radius 2 is 1.74 bits per heavy atom. The topological polar surface area (TPSA) is 12.0 Å². The van der Waals surface area contributed by atoms with E-state index < -0.39 is 0 Å². The molecule has 0 saturated heterocycles. The predicted molar refractivity (Wildman–Crippen MR) is 77.6 cm³/mol. The van der Waals surface area contributed by atoms with Crippen molar-refractivity contribution in [1.29, 1.82) is 0 Å². The summed E-state index contributed by atoms with van der Waals surface area (Å²) in [7, 11) is 0. The number of aryl methyl sites for hydroxylation is 2. The molecule has 0 aliphatic carbocycles. The molecule has 0 spiro atoms. The van der Waals surface area contributed by atoms with Crippen LogP contribution in [-0.2, 0) is 6.54 Å². The monoisotopic (exact) mass is 257 g/mol. The average molecular weight is 257 g/mol. The van der Waals surface area contributed by atoms with E-state index in [1.54, 1.807) is 12.1 Å². The summed E-state index contributed by atoms with van der Waals surface area (Å²) >= 11 is 0. The van der Waals surface area contributed by atoms with Crippen LogP contribution in [0.5, 0.6) is 0 Å². The van der Waals surface area contributed by atoms with Gasteiger partial charge in [-0.05, 0) is 44.0 Å². The molecular formula is C17H20FN. The van der Waals surface area contributed by atoms with E-state index in [-0.39, 0.29) is 11.9 Å². The van der Waals surface area contributed by atoms with Gasteiger partial charge in [0, 0.05) is 12.6 Å². The highest BCUT2D eigenvalue weighted by Crippen LogP contribution is 2.17. The van der Waals surface area contributed by atoms with E-state index >= 15 is 0 Å². The number of halogens is 1. The largest absolute Gasteiger partial charge is 0.306 e. The molecule has 0 bridgehead atoms. The summed E-state index contributed by atoms with van der Waals surface area (Å²) < 4.78 is 13.1. The Morgan fingerprint density at radius 1 is 1.05 bits per heavy atom. The number of hydrogen-bond donors (Lipinski definition) is 1. The average Bonchev–Trinajstić information content (AvgIpc) is 2.35. The normalized spacial score (nSPS) is 12.4.